The van der Waals surface area contributed by atoms with E-state index in [0.717, 1.165) is 52.5 Å². The van der Waals surface area contributed by atoms with Crippen LogP contribution < -0.4 is 33.2 Å². The van der Waals surface area contributed by atoms with Crippen molar-refractivity contribution < 1.29 is 45.1 Å². The molecule has 16 heteroatoms. The maximum atomic E-state index is 12.8. The summed E-state index contributed by atoms with van der Waals surface area (Å²) in [6, 6.07) is 35.9. The maximum Gasteiger partial charge on any atom is 0.343 e. The molecule has 82 heavy (non-hydrogen) atoms. The van der Waals surface area contributed by atoms with Gasteiger partial charge in [-0.3, -0.25) is 0 Å². The first kappa shape index (κ1) is 66.8. The highest BCUT2D eigenvalue weighted by atomic mass is 79.9. The number of halogens is 1. The van der Waals surface area contributed by atoms with Gasteiger partial charge in [0, 0.05) is 26.1 Å². The first-order chi connectivity index (χ1) is 39.9. The van der Waals surface area contributed by atoms with E-state index in [1.165, 1.54) is 57.8 Å². The summed E-state index contributed by atoms with van der Waals surface area (Å²) in [4.78, 5) is 29.7. The zero-order valence-corrected chi connectivity index (χ0v) is 55.9. The molecule has 0 saturated carbocycles. The standard InChI is InChI=1S/C39H41BrO4.2C13H14N2O2.CH10Si3.5H2/c1-4-6-8-10-11-12-13-14-15-17-29-42-35-24-19-32(20-25-35)33-21-26-36(27-22-33)44-39(41)34-23-28-38(37(40)30-34)43-31(3)18-16-9-7-5-2;1-3-17-11-6-4-10(5-7-11)13-14-8-12(16-2)9-15-13;1-3-17-12-8-14-13(15-9-12)10-4-6-11(16-2)7-5-10;1-4(2)3;;;;;/h2,19-28,30-31H,4,6,8,10-15,17,29H2,1,3H3;2*4-9H,3H2,1-2H3;4H,1-3H3;5*1H/t31-;;;;;;;;/m1......../s1. The number of unbranched alkanes of at least 4 members (excludes halogenated alkanes) is 9. The van der Waals surface area contributed by atoms with E-state index in [1.807, 2.05) is 98.8 Å². The number of terminal acetylenes is 1. The van der Waals surface area contributed by atoms with Crippen molar-refractivity contribution in [2.45, 2.75) is 105 Å². The van der Waals surface area contributed by atoms with Gasteiger partial charge in [0.05, 0.1) is 68.9 Å². The molecule has 12 nitrogen and oxygen atoms in total. The molecule has 0 saturated heterocycles. The molecule has 0 aliphatic heterocycles. The van der Waals surface area contributed by atoms with Gasteiger partial charge in [-0.25, -0.2) is 24.7 Å². The average molecular weight is 1230 g/mol. The Bertz CT molecular complexity index is 3020. The van der Waals surface area contributed by atoms with Crippen LogP contribution in [-0.2, 0) is 0 Å². The summed E-state index contributed by atoms with van der Waals surface area (Å²) in [5, 5.41) is 0. The lowest BCUT2D eigenvalue weighted by Gasteiger charge is -2.12. The predicted molar refractivity (Wildman–Crippen MR) is 357 cm³/mol. The number of hydrogen-bond acceptors (Lipinski definition) is 12. The Kier molecular flexibility index (Phi) is 32.4. The van der Waals surface area contributed by atoms with Gasteiger partial charge in [-0.05, 0) is 194 Å². The molecule has 1 atom stereocenters. The van der Waals surface area contributed by atoms with Crippen molar-refractivity contribution in [1.29, 1.82) is 0 Å². The van der Waals surface area contributed by atoms with Crippen molar-refractivity contribution in [3.63, 3.8) is 0 Å². The van der Waals surface area contributed by atoms with E-state index in [2.05, 4.69) is 78.9 Å². The van der Waals surface area contributed by atoms with Crippen molar-refractivity contribution in [2.24, 2.45) is 0 Å². The molecule has 440 valence electrons. The van der Waals surface area contributed by atoms with Crippen LogP contribution in [0.5, 0.6) is 40.2 Å². The van der Waals surface area contributed by atoms with Crippen LogP contribution >= 0.6 is 15.9 Å². The minimum atomic E-state index is -0.466. The fraction of sp³-hybridized carbons (Fsp3) is 0.318. The van der Waals surface area contributed by atoms with E-state index in [4.69, 9.17) is 39.6 Å². The van der Waals surface area contributed by atoms with Crippen LogP contribution in [-0.4, -0.2) is 93.4 Å². The highest BCUT2D eigenvalue weighted by Crippen LogP contribution is 2.29. The Balaban J connectivity index is 0. The molecule has 0 radical (unpaired) electrons. The number of rotatable bonds is 25. The van der Waals surface area contributed by atoms with Crippen LogP contribution in [0.1, 0.15) is 109 Å². The second kappa shape index (κ2) is 39.7. The normalized spacial score (nSPS) is 10.8. The number of benzene rings is 5. The minimum Gasteiger partial charge on any atom is -0.497 e. The van der Waals surface area contributed by atoms with Gasteiger partial charge in [0.2, 0.25) is 0 Å². The van der Waals surface area contributed by atoms with Crippen LogP contribution in [0.4, 0.5) is 0 Å². The fourth-order valence-corrected chi connectivity index (χ4v) is 7.91. The molecular formula is C66H89BrN4O8Si3. The third kappa shape index (κ3) is 26.3. The summed E-state index contributed by atoms with van der Waals surface area (Å²) in [7, 11) is 6.47. The quantitative estimate of drug-likeness (QED) is 0.0177. The summed E-state index contributed by atoms with van der Waals surface area (Å²) in [6.45, 7) is 12.4. The summed E-state index contributed by atoms with van der Waals surface area (Å²) < 4.78 is 38.7. The molecule has 0 aliphatic carbocycles. The van der Waals surface area contributed by atoms with Crippen LogP contribution in [0, 0.1) is 36.0 Å². The van der Waals surface area contributed by atoms with Gasteiger partial charge >= 0.3 is 5.97 Å². The number of esters is 1. The number of hydrogen-bond donors (Lipinski definition) is 0. The zero-order chi connectivity index (χ0) is 59.2. The molecule has 0 amide bonds. The van der Waals surface area contributed by atoms with Gasteiger partial charge in [-0.2, -0.15) is 0 Å². The third-order valence-corrected chi connectivity index (χ3v) is 12.2. The van der Waals surface area contributed by atoms with Crippen LogP contribution in [0.2, 0.25) is 6.55 Å². The largest absolute Gasteiger partial charge is 0.497 e. The molecule has 7 rings (SSSR count). The Morgan fingerprint density at radius 2 is 1.01 bits per heavy atom. The van der Waals surface area contributed by atoms with Crippen molar-refractivity contribution in [1.82, 2.24) is 19.9 Å². The van der Waals surface area contributed by atoms with Gasteiger partial charge in [-0.15, -0.1) is 6.42 Å². The van der Waals surface area contributed by atoms with E-state index >= 15 is 0 Å². The van der Waals surface area contributed by atoms with Crippen molar-refractivity contribution in [3.05, 3.63) is 150 Å². The topological polar surface area (TPSA) is 133 Å². The SMILES string of the molecule is C#CC#CC#C[C@@H](C)Oc1ccc(C(=O)Oc2ccc(-c3ccc(OCCCCCCCCCCCC)cc3)cc2)cc1Br.CCOc1ccc(-c2ncc(OC)cn2)cc1.CCOc1cnc(-c2ccc(OC)cc2)nc1.C[SiH]([SiH3])[SiH3].[HH].[HH].[HH].[HH].[HH]. The van der Waals surface area contributed by atoms with Gasteiger partial charge in [0.15, 0.2) is 29.3 Å². The first-order valence-electron chi connectivity index (χ1n) is 28.1. The van der Waals surface area contributed by atoms with Gasteiger partial charge in [0.25, 0.3) is 0 Å². The molecule has 0 unspecified atom stereocenters. The number of carbonyl (C=O) groups is 1. The molecule has 0 spiro atoms. The summed E-state index contributed by atoms with van der Waals surface area (Å²) in [5.41, 5.74) is 4.39. The van der Waals surface area contributed by atoms with E-state index < -0.39 is 12.1 Å². The lowest BCUT2D eigenvalue weighted by Crippen LogP contribution is -2.11. The molecule has 2 aromatic heterocycles. The van der Waals surface area contributed by atoms with Gasteiger partial charge < -0.3 is 33.2 Å². The van der Waals surface area contributed by atoms with Gasteiger partial charge in [-0.1, -0.05) is 95.5 Å². The molecule has 0 fully saturated rings. The molecule has 0 N–H and O–H groups in total. The number of carbonyl (C=O) groups excluding carboxylic acids is 1. The highest BCUT2D eigenvalue weighted by Gasteiger charge is 2.14. The lowest BCUT2D eigenvalue weighted by atomic mass is 10.1. The van der Waals surface area contributed by atoms with Crippen molar-refractivity contribution in [3.8, 4) is 110 Å². The number of methoxy groups -OCH3 is 2. The van der Waals surface area contributed by atoms with Crippen molar-refractivity contribution >= 4 is 49.3 Å². The van der Waals surface area contributed by atoms with Crippen LogP contribution in [0.25, 0.3) is 33.9 Å². The fourth-order valence-electron chi connectivity index (χ4n) is 7.44. The third-order valence-electron chi connectivity index (χ3n) is 11.5. The van der Waals surface area contributed by atoms with E-state index in [9.17, 15) is 4.79 Å². The predicted octanol–water partition coefficient (Wildman–Crippen LogP) is 13.9. The molecule has 5 aromatic carbocycles. The van der Waals surface area contributed by atoms with Crippen molar-refractivity contribution in [2.75, 3.05) is 34.0 Å². The summed E-state index contributed by atoms with van der Waals surface area (Å²) in [6.07, 6.45) is 24.5. The smallest absolute Gasteiger partial charge is 0.343 e. The van der Waals surface area contributed by atoms with Gasteiger partial charge in [0.1, 0.15) is 28.7 Å². The zero-order valence-electron chi connectivity index (χ0n) is 49.1. The minimum absolute atomic E-state index is 0. The highest BCUT2D eigenvalue weighted by molar-refractivity contribution is 9.10. The Labute approximate surface area is 510 Å². The number of nitrogens with zero attached hydrogens (tertiary/aromatic N) is 4. The molecule has 2 heterocycles. The van der Waals surface area contributed by atoms with Crippen LogP contribution in [0.3, 0.4) is 0 Å². The Morgan fingerprint density at radius 3 is 1.49 bits per heavy atom. The second-order valence-electron chi connectivity index (χ2n) is 19.1. The first-order valence-corrected chi connectivity index (χ1v) is 39.2. The Hall–Kier alpha value is -7.66. The molecule has 7 aromatic rings. The maximum absolute atomic E-state index is 12.8. The van der Waals surface area contributed by atoms with E-state index in [1.54, 1.807) is 95.8 Å². The number of aromatic nitrogens is 4. The van der Waals surface area contributed by atoms with E-state index in [-0.39, 0.29) is 15.0 Å². The average Bonchev–Trinajstić information content (AvgIpc) is 3.45. The Morgan fingerprint density at radius 1 is 0.573 bits per heavy atom. The monoisotopic (exact) mass is 1230 g/mol. The van der Waals surface area contributed by atoms with E-state index in [0.29, 0.717) is 57.9 Å². The second-order valence-corrected chi connectivity index (χ2v) is 44.2. The van der Waals surface area contributed by atoms with Crippen LogP contribution in [0.15, 0.2) is 145 Å². The molecule has 0 aliphatic rings. The number of ether oxygens (including phenoxy) is 7. The molecular weight excluding hydrogens is 1140 g/mol. The summed E-state index contributed by atoms with van der Waals surface area (Å²) >= 11 is 3.46. The molecule has 0 bridgehead atoms. The lowest BCUT2D eigenvalue weighted by molar-refractivity contribution is 0.0734. The summed E-state index contributed by atoms with van der Waals surface area (Å²) in [5.74, 6) is 18.5.